The highest BCUT2D eigenvalue weighted by molar-refractivity contribution is 7.89. The van der Waals surface area contributed by atoms with E-state index in [0.29, 0.717) is 0 Å². The maximum atomic E-state index is 11.5. The monoisotopic (exact) mass is 348 g/mol. The van der Waals surface area contributed by atoms with E-state index in [2.05, 4.69) is 0 Å². The Kier molecular flexibility index (Phi) is 3.61. The number of carboxylic acids is 1. The molecule has 0 aliphatic heterocycles. The molecule has 9 nitrogen and oxygen atoms in total. The van der Waals surface area contributed by atoms with Gasteiger partial charge < -0.3 is 10.2 Å². The quantitative estimate of drug-likeness (QED) is 0.585. The highest BCUT2D eigenvalue weighted by Crippen LogP contribution is 2.40. The minimum absolute atomic E-state index is 0.320. The average molecular weight is 348 g/mol. The molecule has 0 bridgehead atoms. The lowest BCUT2D eigenvalue weighted by Crippen LogP contribution is -2.15. The molecule has 0 saturated carbocycles. The van der Waals surface area contributed by atoms with Crippen molar-refractivity contribution >= 4 is 37.0 Å². The first-order valence-corrected chi connectivity index (χ1v) is 8.30. The van der Waals surface area contributed by atoms with Gasteiger partial charge in [0.1, 0.15) is 21.1 Å². The van der Waals surface area contributed by atoms with Crippen molar-refractivity contribution in [1.29, 1.82) is 0 Å². The lowest BCUT2D eigenvalue weighted by molar-refractivity contribution is 0.0688. The van der Waals surface area contributed by atoms with Crippen molar-refractivity contribution in [3.05, 3.63) is 29.8 Å². The van der Waals surface area contributed by atoms with Crippen LogP contribution < -0.4 is 0 Å². The highest BCUT2D eigenvalue weighted by Gasteiger charge is 2.35. The zero-order valence-electron chi connectivity index (χ0n) is 10.5. The fourth-order valence-electron chi connectivity index (χ4n) is 2.07. The van der Waals surface area contributed by atoms with Crippen LogP contribution in [0.1, 0.15) is 10.4 Å². The number of carboxylic acid groups (broad SMARTS) is 1. The molecule has 0 atom stereocenters. The van der Waals surface area contributed by atoms with Crippen molar-refractivity contribution in [3.63, 3.8) is 0 Å². The number of carbonyl (C=O) groups is 1. The first-order chi connectivity index (χ1) is 9.96. The maximum absolute atomic E-state index is 11.5. The minimum Gasteiger partial charge on any atom is -0.506 e. The molecule has 2 rings (SSSR count). The van der Waals surface area contributed by atoms with Gasteiger partial charge in [0.2, 0.25) is 0 Å². The van der Waals surface area contributed by atoms with Crippen LogP contribution in [-0.2, 0) is 20.2 Å². The fraction of sp³-hybridized carbons (Fsp3) is 0. The summed E-state index contributed by atoms with van der Waals surface area (Å²) >= 11 is 0. The minimum atomic E-state index is -5.39. The van der Waals surface area contributed by atoms with E-state index in [4.69, 9.17) is 9.66 Å². The van der Waals surface area contributed by atoms with Crippen LogP contribution in [0.2, 0.25) is 0 Å². The number of hydrogen-bond acceptors (Lipinski definition) is 6. The average Bonchev–Trinajstić information content (AvgIpc) is 2.35. The van der Waals surface area contributed by atoms with Crippen LogP contribution in [0.5, 0.6) is 5.75 Å². The second-order valence-corrected chi connectivity index (χ2v) is 6.90. The van der Waals surface area contributed by atoms with Crippen molar-refractivity contribution < 1.29 is 40.9 Å². The van der Waals surface area contributed by atoms with Gasteiger partial charge in [-0.15, -0.1) is 0 Å². The SMILES string of the molecule is O=C(O)c1c(S(=O)(=O)O)c(S(=O)(=O)O)c2ccccc2c1O. The first-order valence-electron chi connectivity index (χ1n) is 5.42. The van der Waals surface area contributed by atoms with E-state index in [1.807, 2.05) is 0 Å². The van der Waals surface area contributed by atoms with Gasteiger partial charge in [0.05, 0.1) is 0 Å². The van der Waals surface area contributed by atoms with Gasteiger partial charge in [-0.25, -0.2) is 4.79 Å². The van der Waals surface area contributed by atoms with E-state index in [9.17, 15) is 31.3 Å². The van der Waals surface area contributed by atoms with E-state index in [1.54, 1.807) is 0 Å². The third kappa shape index (κ3) is 2.50. The van der Waals surface area contributed by atoms with Gasteiger partial charge in [-0.3, -0.25) is 9.11 Å². The van der Waals surface area contributed by atoms with Crippen LogP contribution in [0.3, 0.4) is 0 Å². The number of hydrogen-bond donors (Lipinski definition) is 4. The molecule has 0 fully saturated rings. The molecule has 0 spiro atoms. The summed E-state index contributed by atoms with van der Waals surface area (Å²) < 4.78 is 64.3. The molecule has 0 saturated heterocycles. The molecule has 2 aromatic rings. The smallest absolute Gasteiger partial charge is 0.340 e. The van der Waals surface area contributed by atoms with Crippen LogP contribution in [0.4, 0.5) is 0 Å². The second-order valence-electron chi connectivity index (χ2n) is 4.18. The predicted octanol–water partition coefficient (Wildman–Crippen LogP) is 0.737. The number of benzene rings is 2. The van der Waals surface area contributed by atoms with Gasteiger partial charge in [-0.1, -0.05) is 24.3 Å². The van der Waals surface area contributed by atoms with Crippen LogP contribution in [0.25, 0.3) is 10.8 Å². The van der Waals surface area contributed by atoms with Crippen molar-refractivity contribution in [3.8, 4) is 5.75 Å². The number of aromatic hydroxyl groups is 1. The van der Waals surface area contributed by atoms with Crippen molar-refractivity contribution in [1.82, 2.24) is 0 Å². The number of aromatic carboxylic acids is 1. The molecule has 0 aromatic heterocycles. The van der Waals surface area contributed by atoms with Gasteiger partial charge in [0.25, 0.3) is 20.2 Å². The van der Waals surface area contributed by atoms with Crippen molar-refractivity contribution in [2.45, 2.75) is 9.79 Å². The van der Waals surface area contributed by atoms with Crippen LogP contribution in [0, 0.1) is 0 Å². The summed E-state index contributed by atoms with van der Waals surface area (Å²) in [5.41, 5.74) is -1.35. The number of phenols is 1. The Morgan fingerprint density at radius 3 is 1.73 bits per heavy atom. The summed E-state index contributed by atoms with van der Waals surface area (Å²) in [5, 5.41) is 18.2. The van der Waals surface area contributed by atoms with E-state index < -0.39 is 52.7 Å². The maximum Gasteiger partial charge on any atom is 0.340 e. The summed E-state index contributed by atoms with van der Waals surface area (Å²) in [6.07, 6.45) is 0. The Hall–Kier alpha value is -2.21. The molecule has 0 aliphatic carbocycles. The molecule has 11 heteroatoms. The Labute approximate surface area is 123 Å². The highest BCUT2D eigenvalue weighted by atomic mass is 32.2. The molecule has 0 amide bonds. The summed E-state index contributed by atoms with van der Waals surface area (Å²) in [7, 11) is -10.6. The lowest BCUT2D eigenvalue weighted by atomic mass is 10.0. The third-order valence-electron chi connectivity index (χ3n) is 2.83. The molecule has 118 valence electrons. The lowest BCUT2D eigenvalue weighted by Gasteiger charge is -2.14. The fourth-order valence-corrected chi connectivity index (χ4v) is 4.28. The van der Waals surface area contributed by atoms with Crippen LogP contribution in [0.15, 0.2) is 34.1 Å². The third-order valence-corrected chi connectivity index (χ3v) is 4.82. The topological polar surface area (TPSA) is 166 Å². The molecular weight excluding hydrogens is 340 g/mol. The van der Waals surface area contributed by atoms with Crippen LogP contribution in [-0.4, -0.2) is 42.1 Å². The molecule has 0 heterocycles. The Morgan fingerprint density at radius 2 is 1.32 bits per heavy atom. The van der Waals surface area contributed by atoms with Gasteiger partial charge >= 0.3 is 5.97 Å². The van der Waals surface area contributed by atoms with Crippen molar-refractivity contribution in [2.24, 2.45) is 0 Å². The van der Waals surface area contributed by atoms with Gasteiger partial charge in [0.15, 0.2) is 0 Å². The number of fused-ring (bicyclic) bond motifs is 1. The standard InChI is InChI=1S/C11H8O9S2/c12-8-5-3-1-2-4-6(5)9(21(15,16)17)10(22(18,19)20)7(8)11(13)14/h1-4,12H,(H,13,14)(H,15,16,17)(H,18,19,20). The largest absolute Gasteiger partial charge is 0.506 e. The molecule has 0 radical (unpaired) electrons. The predicted molar refractivity (Wildman–Crippen MR) is 72.2 cm³/mol. The Bertz CT molecular complexity index is 1000. The summed E-state index contributed by atoms with van der Waals surface area (Å²) in [6, 6.07) is 4.76. The normalized spacial score (nSPS) is 12.5. The van der Waals surface area contributed by atoms with Gasteiger partial charge in [0, 0.05) is 10.8 Å². The second kappa shape index (κ2) is 4.91. The zero-order chi connectivity index (χ0) is 16.9. The molecule has 0 aliphatic rings. The van der Waals surface area contributed by atoms with Gasteiger partial charge in [-0.05, 0) is 0 Å². The van der Waals surface area contributed by atoms with E-state index in [0.717, 1.165) is 12.1 Å². The van der Waals surface area contributed by atoms with Crippen molar-refractivity contribution in [2.75, 3.05) is 0 Å². The van der Waals surface area contributed by atoms with E-state index in [-0.39, 0.29) is 5.39 Å². The van der Waals surface area contributed by atoms with Crippen LogP contribution >= 0.6 is 0 Å². The number of rotatable bonds is 3. The molecule has 2 aromatic carbocycles. The first kappa shape index (κ1) is 16.2. The van der Waals surface area contributed by atoms with Gasteiger partial charge in [-0.2, -0.15) is 16.8 Å². The zero-order valence-corrected chi connectivity index (χ0v) is 12.1. The molecule has 0 unspecified atom stereocenters. The van der Waals surface area contributed by atoms with E-state index >= 15 is 0 Å². The Morgan fingerprint density at radius 1 is 0.864 bits per heavy atom. The molecule has 22 heavy (non-hydrogen) atoms. The Balaban J connectivity index is 3.34. The summed E-state index contributed by atoms with van der Waals surface area (Å²) in [6.45, 7) is 0. The summed E-state index contributed by atoms with van der Waals surface area (Å²) in [5.74, 6) is -3.05. The van der Waals surface area contributed by atoms with E-state index in [1.165, 1.54) is 12.1 Å². The molecule has 4 N–H and O–H groups in total. The summed E-state index contributed by atoms with van der Waals surface area (Å²) in [4.78, 5) is 8.28. The molecular formula is C11H8O9S2.